The first-order valence-electron chi connectivity index (χ1n) is 4.37. The second-order valence-electron chi connectivity index (χ2n) is 4.38. The van der Waals surface area contributed by atoms with Gasteiger partial charge >= 0.3 is 0 Å². The first-order chi connectivity index (χ1) is 5.01. The highest BCUT2D eigenvalue weighted by Crippen LogP contribution is 2.31. The molecule has 0 aromatic carbocycles. The van der Waals surface area contributed by atoms with Crippen LogP contribution < -0.4 is 0 Å². The quantitative estimate of drug-likeness (QED) is 0.531. The van der Waals surface area contributed by atoms with E-state index in [-0.39, 0.29) is 11.5 Å². The average Bonchev–Trinajstić information content (AvgIpc) is 1.93. The Morgan fingerprint density at radius 2 is 2.09 bits per heavy atom. The number of aliphatic hydroxyl groups excluding tert-OH is 1. The average molecular weight is 154 g/mol. The number of hydrogen-bond acceptors (Lipinski definition) is 1. The second kappa shape index (κ2) is 2.98. The van der Waals surface area contributed by atoms with Gasteiger partial charge in [0.2, 0.25) is 0 Å². The van der Waals surface area contributed by atoms with Crippen LogP contribution in [0.4, 0.5) is 0 Å². The van der Waals surface area contributed by atoms with Gasteiger partial charge in [0.1, 0.15) is 0 Å². The third-order valence-electron chi connectivity index (χ3n) is 2.47. The molecule has 0 unspecified atom stereocenters. The lowest BCUT2D eigenvalue weighted by molar-refractivity contribution is 0.0864. The fourth-order valence-corrected chi connectivity index (χ4v) is 1.57. The van der Waals surface area contributed by atoms with Crippen molar-refractivity contribution in [3.8, 4) is 0 Å². The monoisotopic (exact) mass is 154 g/mol. The molecule has 1 aliphatic carbocycles. The summed E-state index contributed by atoms with van der Waals surface area (Å²) in [4.78, 5) is 0. The van der Waals surface area contributed by atoms with Crippen molar-refractivity contribution in [1.29, 1.82) is 0 Å². The van der Waals surface area contributed by atoms with Crippen molar-refractivity contribution in [3.05, 3.63) is 12.2 Å². The third kappa shape index (κ3) is 2.33. The SMILES string of the molecule is C[C@@H]1CC=CC(C)(C)C[C@H]1O. The minimum Gasteiger partial charge on any atom is -0.393 e. The van der Waals surface area contributed by atoms with Crippen LogP contribution in [0.15, 0.2) is 12.2 Å². The van der Waals surface area contributed by atoms with E-state index in [9.17, 15) is 5.11 Å². The summed E-state index contributed by atoms with van der Waals surface area (Å²) in [5.41, 5.74) is 0.185. The maximum Gasteiger partial charge on any atom is 0.0576 e. The molecule has 0 fully saturated rings. The van der Waals surface area contributed by atoms with E-state index in [4.69, 9.17) is 0 Å². The standard InChI is InChI=1S/C10H18O/c1-8-5-4-6-10(2,3)7-9(8)11/h4,6,8-9,11H,5,7H2,1-3H3/t8-,9-/m1/s1. The highest BCUT2D eigenvalue weighted by atomic mass is 16.3. The number of rotatable bonds is 0. The lowest BCUT2D eigenvalue weighted by atomic mass is 9.85. The van der Waals surface area contributed by atoms with E-state index in [2.05, 4.69) is 32.9 Å². The Bertz CT molecular complexity index is 158. The van der Waals surface area contributed by atoms with Crippen LogP contribution in [-0.2, 0) is 0 Å². The molecule has 1 aliphatic rings. The summed E-state index contributed by atoms with van der Waals surface area (Å²) in [6.45, 7) is 6.45. The van der Waals surface area contributed by atoms with Crippen molar-refractivity contribution in [2.45, 2.75) is 39.7 Å². The van der Waals surface area contributed by atoms with Crippen molar-refractivity contribution in [2.75, 3.05) is 0 Å². The summed E-state index contributed by atoms with van der Waals surface area (Å²) in [6, 6.07) is 0. The van der Waals surface area contributed by atoms with Gasteiger partial charge in [0, 0.05) is 0 Å². The molecule has 0 radical (unpaired) electrons. The van der Waals surface area contributed by atoms with Crippen molar-refractivity contribution >= 4 is 0 Å². The topological polar surface area (TPSA) is 20.2 Å². The van der Waals surface area contributed by atoms with E-state index in [0.717, 1.165) is 12.8 Å². The van der Waals surface area contributed by atoms with Crippen LogP contribution in [0.2, 0.25) is 0 Å². The van der Waals surface area contributed by atoms with Crippen LogP contribution in [0, 0.1) is 11.3 Å². The smallest absolute Gasteiger partial charge is 0.0576 e. The third-order valence-corrected chi connectivity index (χ3v) is 2.47. The van der Waals surface area contributed by atoms with Crippen LogP contribution >= 0.6 is 0 Å². The van der Waals surface area contributed by atoms with Gasteiger partial charge in [-0.05, 0) is 24.2 Å². The van der Waals surface area contributed by atoms with Gasteiger partial charge in [0.05, 0.1) is 6.10 Å². The molecule has 0 aromatic rings. The molecule has 0 spiro atoms. The van der Waals surface area contributed by atoms with Crippen LogP contribution in [0.5, 0.6) is 0 Å². The summed E-state index contributed by atoms with van der Waals surface area (Å²) in [5.74, 6) is 0.424. The van der Waals surface area contributed by atoms with Gasteiger partial charge < -0.3 is 5.11 Å². The zero-order valence-electron chi connectivity index (χ0n) is 7.67. The van der Waals surface area contributed by atoms with E-state index in [1.807, 2.05) is 0 Å². The molecule has 1 heteroatoms. The normalized spacial score (nSPS) is 36.7. The molecule has 0 bridgehead atoms. The maximum atomic E-state index is 9.65. The van der Waals surface area contributed by atoms with Gasteiger partial charge in [-0.15, -0.1) is 0 Å². The van der Waals surface area contributed by atoms with E-state index in [1.165, 1.54) is 0 Å². The van der Waals surface area contributed by atoms with Gasteiger partial charge in [-0.1, -0.05) is 32.9 Å². The lowest BCUT2D eigenvalue weighted by Gasteiger charge is -2.23. The molecule has 1 nitrogen and oxygen atoms in total. The zero-order valence-corrected chi connectivity index (χ0v) is 7.67. The second-order valence-corrected chi connectivity index (χ2v) is 4.38. The van der Waals surface area contributed by atoms with Crippen LogP contribution in [0.1, 0.15) is 33.6 Å². The van der Waals surface area contributed by atoms with Crippen LogP contribution in [0.25, 0.3) is 0 Å². The fraction of sp³-hybridized carbons (Fsp3) is 0.800. The Kier molecular flexibility index (Phi) is 2.38. The minimum absolute atomic E-state index is 0.125. The first-order valence-corrected chi connectivity index (χ1v) is 4.37. The Labute approximate surface area is 69.1 Å². The zero-order chi connectivity index (χ0) is 8.48. The molecule has 64 valence electrons. The predicted molar refractivity (Wildman–Crippen MR) is 47.3 cm³/mol. The summed E-state index contributed by atoms with van der Waals surface area (Å²) < 4.78 is 0. The molecule has 1 rings (SSSR count). The molecule has 0 aliphatic heterocycles. The maximum absolute atomic E-state index is 9.65. The molecule has 11 heavy (non-hydrogen) atoms. The van der Waals surface area contributed by atoms with Gasteiger partial charge in [0.15, 0.2) is 0 Å². The summed E-state index contributed by atoms with van der Waals surface area (Å²) in [5, 5.41) is 9.65. The fourth-order valence-electron chi connectivity index (χ4n) is 1.57. The van der Waals surface area contributed by atoms with Crippen molar-refractivity contribution in [1.82, 2.24) is 0 Å². The Hall–Kier alpha value is -0.300. The van der Waals surface area contributed by atoms with Gasteiger partial charge in [-0.2, -0.15) is 0 Å². The summed E-state index contributed by atoms with van der Waals surface area (Å²) in [7, 11) is 0. The van der Waals surface area contributed by atoms with E-state index in [0.29, 0.717) is 5.92 Å². The summed E-state index contributed by atoms with van der Waals surface area (Å²) in [6.07, 6.45) is 6.20. The van der Waals surface area contributed by atoms with Crippen LogP contribution in [-0.4, -0.2) is 11.2 Å². The highest BCUT2D eigenvalue weighted by Gasteiger charge is 2.25. The Morgan fingerprint density at radius 1 is 1.45 bits per heavy atom. The van der Waals surface area contributed by atoms with E-state index >= 15 is 0 Å². The molecule has 0 saturated carbocycles. The number of allylic oxidation sites excluding steroid dienone is 2. The van der Waals surface area contributed by atoms with Gasteiger partial charge in [-0.3, -0.25) is 0 Å². The predicted octanol–water partition coefficient (Wildman–Crippen LogP) is 2.36. The highest BCUT2D eigenvalue weighted by molar-refractivity contribution is 5.00. The first kappa shape index (κ1) is 8.79. The van der Waals surface area contributed by atoms with E-state index < -0.39 is 0 Å². The lowest BCUT2D eigenvalue weighted by Crippen LogP contribution is -2.22. The summed E-state index contributed by atoms with van der Waals surface area (Å²) >= 11 is 0. The Balaban J connectivity index is 2.67. The molecule has 0 saturated heterocycles. The van der Waals surface area contributed by atoms with Gasteiger partial charge in [0.25, 0.3) is 0 Å². The van der Waals surface area contributed by atoms with Crippen LogP contribution in [0.3, 0.4) is 0 Å². The van der Waals surface area contributed by atoms with Gasteiger partial charge in [-0.25, -0.2) is 0 Å². The van der Waals surface area contributed by atoms with Crippen molar-refractivity contribution in [3.63, 3.8) is 0 Å². The van der Waals surface area contributed by atoms with E-state index in [1.54, 1.807) is 0 Å². The molecule has 0 aromatic heterocycles. The Morgan fingerprint density at radius 3 is 2.73 bits per heavy atom. The molecular weight excluding hydrogens is 136 g/mol. The van der Waals surface area contributed by atoms with Crippen molar-refractivity contribution in [2.24, 2.45) is 11.3 Å². The molecule has 0 amide bonds. The minimum atomic E-state index is -0.125. The van der Waals surface area contributed by atoms with Crippen molar-refractivity contribution < 1.29 is 5.11 Å². The molecule has 2 atom stereocenters. The molecule has 1 N–H and O–H groups in total. The molecule has 0 heterocycles. The largest absolute Gasteiger partial charge is 0.393 e. The number of hydrogen-bond donors (Lipinski definition) is 1. The molecular formula is C10H18O. The number of aliphatic hydroxyl groups is 1.